The summed E-state index contributed by atoms with van der Waals surface area (Å²) < 4.78 is 5.17. The van der Waals surface area contributed by atoms with Gasteiger partial charge in [0.2, 0.25) is 5.91 Å². The highest BCUT2D eigenvalue weighted by Gasteiger charge is 2.26. The van der Waals surface area contributed by atoms with Gasteiger partial charge in [0.15, 0.2) is 6.61 Å². The van der Waals surface area contributed by atoms with Gasteiger partial charge in [0, 0.05) is 13.0 Å². The number of carbonyl (C=O) groups excluding carboxylic acids is 3. The number of ether oxygens (including phenoxy) is 1. The first-order valence-electron chi connectivity index (χ1n) is 9.00. The van der Waals surface area contributed by atoms with Gasteiger partial charge in [-0.3, -0.25) is 9.59 Å². The fourth-order valence-electron chi connectivity index (χ4n) is 3.24. The van der Waals surface area contributed by atoms with E-state index in [1.165, 1.54) is 0 Å². The van der Waals surface area contributed by atoms with Crippen LogP contribution in [0.1, 0.15) is 34.3 Å². The summed E-state index contributed by atoms with van der Waals surface area (Å²) in [6.45, 7) is 3.86. The van der Waals surface area contributed by atoms with Gasteiger partial charge in [-0.25, -0.2) is 4.79 Å². The summed E-state index contributed by atoms with van der Waals surface area (Å²) in [7, 11) is 0. The molecule has 0 unspecified atom stereocenters. The first-order valence-corrected chi connectivity index (χ1v) is 9.37. The normalized spacial score (nSPS) is 13.5. The van der Waals surface area contributed by atoms with Crippen LogP contribution in [0, 0.1) is 13.8 Å². The first-order chi connectivity index (χ1) is 13.4. The highest BCUT2D eigenvalue weighted by molar-refractivity contribution is 6.34. The van der Waals surface area contributed by atoms with Gasteiger partial charge in [-0.05, 0) is 49.6 Å². The molecule has 2 aromatic rings. The molecule has 2 amide bonds. The number of nitrogens with one attached hydrogen (secondary N) is 1. The van der Waals surface area contributed by atoms with Crippen molar-refractivity contribution in [2.45, 2.75) is 26.7 Å². The van der Waals surface area contributed by atoms with Crippen molar-refractivity contribution in [1.82, 2.24) is 0 Å². The lowest BCUT2D eigenvalue weighted by atomic mass is 10.1. The highest BCUT2D eigenvalue weighted by Crippen LogP contribution is 2.28. The summed E-state index contributed by atoms with van der Waals surface area (Å²) in [6, 6.07) is 10.4. The number of aryl methyl sites for hydroxylation is 2. The Hall–Kier alpha value is -2.86. The molecular formula is C21H21ClN2O4. The van der Waals surface area contributed by atoms with E-state index in [0.29, 0.717) is 29.4 Å². The lowest BCUT2D eigenvalue weighted by molar-refractivity contribution is -0.119. The molecule has 1 fully saturated rings. The number of halogens is 1. The van der Waals surface area contributed by atoms with E-state index in [1.807, 2.05) is 19.9 Å². The second-order valence-corrected chi connectivity index (χ2v) is 7.14. The second kappa shape index (κ2) is 8.44. The molecule has 1 aliphatic heterocycles. The average Bonchev–Trinajstić information content (AvgIpc) is 3.08. The molecule has 0 saturated carbocycles. The summed E-state index contributed by atoms with van der Waals surface area (Å²) in [5, 5.41) is 3.10. The summed E-state index contributed by atoms with van der Waals surface area (Å²) in [4.78, 5) is 38.3. The number of hydrogen-bond donors (Lipinski definition) is 1. The summed E-state index contributed by atoms with van der Waals surface area (Å²) in [5.41, 5.74) is 3.07. The van der Waals surface area contributed by atoms with E-state index in [4.69, 9.17) is 16.3 Å². The van der Waals surface area contributed by atoms with Crippen LogP contribution >= 0.6 is 11.6 Å². The van der Waals surface area contributed by atoms with Crippen LogP contribution < -0.4 is 10.2 Å². The third-order valence-corrected chi connectivity index (χ3v) is 4.82. The fraction of sp³-hybridized carbons (Fsp3) is 0.286. The zero-order chi connectivity index (χ0) is 20.3. The lowest BCUT2D eigenvalue weighted by Gasteiger charge is -2.19. The maximum absolute atomic E-state index is 12.5. The number of amides is 2. The molecule has 0 aromatic heterocycles. The molecule has 1 N–H and O–H groups in total. The predicted octanol–water partition coefficient (Wildman–Crippen LogP) is 3.88. The molecule has 0 spiro atoms. The van der Waals surface area contributed by atoms with Gasteiger partial charge in [-0.2, -0.15) is 0 Å². The summed E-state index contributed by atoms with van der Waals surface area (Å²) in [6.07, 6.45) is 1.21. The van der Waals surface area contributed by atoms with Gasteiger partial charge in [0.1, 0.15) is 0 Å². The molecule has 2 aromatic carbocycles. The summed E-state index contributed by atoms with van der Waals surface area (Å²) >= 11 is 6.18. The smallest absolute Gasteiger partial charge is 0.340 e. The largest absolute Gasteiger partial charge is 0.452 e. The monoisotopic (exact) mass is 400 g/mol. The van der Waals surface area contributed by atoms with Crippen molar-refractivity contribution < 1.29 is 19.1 Å². The topological polar surface area (TPSA) is 75.7 Å². The number of rotatable bonds is 5. The molecule has 0 atom stereocenters. The van der Waals surface area contributed by atoms with Crippen molar-refractivity contribution in [3.8, 4) is 0 Å². The van der Waals surface area contributed by atoms with Crippen LogP contribution in [0.2, 0.25) is 5.02 Å². The van der Waals surface area contributed by atoms with E-state index < -0.39 is 18.5 Å². The minimum absolute atomic E-state index is 0.0255. The van der Waals surface area contributed by atoms with Crippen molar-refractivity contribution in [3.05, 3.63) is 58.1 Å². The fourth-order valence-corrected chi connectivity index (χ4v) is 3.61. The van der Waals surface area contributed by atoms with Crippen molar-refractivity contribution in [2.75, 3.05) is 23.4 Å². The van der Waals surface area contributed by atoms with Crippen molar-refractivity contribution in [1.29, 1.82) is 0 Å². The first kappa shape index (κ1) is 19.9. The number of anilines is 2. The molecule has 3 rings (SSSR count). The van der Waals surface area contributed by atoms with Crippen LogP contribution in [0.4, 0.5) is 11.4 Å². The number of esters is 1. The molecular weight excluding hydrogens is 380 g/mol. The Bertz CT molecular complexity index is 919. The van der Waals surface area contributed by atoms with Crippen LogP contribution in [-0.2, 0) is 14.3 Å². The minimum atomic E-state index is -0.655. The van der Waals surface area contributed by atoms with Crippen LogP contribution in [-0.4, -0.2) is 30.9 Å². The van der Waals surface area contributed by atoms with Crippen LogP contribution in [0.15, 0.2) is 36.4 Å². The van der Waals surface area contributed by atoms with E-state index in [2.05, 4.69) is 5.32 Å². The Kier molecular flexibility index (Phi) is 5.99. The minimum Gasteiger partial charge on any atom is -0.452 e. The van der Waals surface area contributed by atoms with E-state index in [0.717, 1.165) is 17.5 Å². The quantitative estimate of drug-likeness (QED) is 0.773. The van der Waals surface area contributed by atoms with Crippen molar-refractivity contribution >= 4 is 40.8 Å². The van der Waals surface area contributed by atoms with E-state index in [9.17, 15) is 14.4 Å². The van der Waals surface area contributed by atoms with Gasteiger partial charge >= 0.3 is 5.97 Å². The maximum Gasteiger partial charge on any atom is 0.340 e. The molecule has 1 saturated heterocycles. The Morgan fingerprint density at radius 3 is 2.64 bits per heavy atom. The van der Waals surface area contributed by atoms with Gasteiger partial charge in [-0.15, -0.1) is 0 Å². The zero-order valence-corrected chi connectivity index (χ0v) is 16.5. The van der Waals surface area contributed by atoms with Gasteiger partial charge in [0.05, 0.1) is 22.0 Å². The molecule has 6 nitrogen and oxygen atoms in total. The molecule has 0 radical (unpaired) electrons. The number of nitrogens with zero attached hydrogens (tertiary/aromatic N) is 1. The standard InChI is InChI=1S/C21H21ClN2O4/c1-13-10-14(2)20(16(22)11-13)23-18(25)12-28-21(27)15-6-3-4-7-17(15)24-9-5-8-19(24)26/h3-4,6-7,10-11H,5,8-9,12H2,1-2H3,(H,23,25). The Labute approximate surface area is 168 Å². The Morgan fingerprint density at radius 1 is 1.21 bits per heavy atom. The maximum atomic E-state index is 12.5. The van der Waals surface area contributed by atoms with Crippen molar-refractivity contribution in [2.24, 2.45) is 0 Å². The third kappa shape index (κ3) is 4.34. The average molecular weight is 401 g/mol. The zero-order valence-electron chi connectivity index (χ0n) is 15.8. The van der Waals surface area contributed by atoms with Gasteiger partial charge in [-0.1, -0.05) is 29.8 Å². The van der Waals surface area contributed by atoms with E-state index in [-0.39, 0.29) is 11.5 Å². The number of para-hydroxylation sites is 1. The van der Waals surface area contributed by atoms with Gasteiger partial charge in [0.25, 0.3) is 5.91 Å². The van der Waals surface area contributed by atoms with Crippen LogP contribution in [0.25, 0.3) is 0 Å². The summed E-state index contributed by atoms with van der Waals surface area (Å²) in [5.74, 6) is -1.17. The number of benzene rings is 2. The van der Waals surface area contributed by atoms with E-state index >= 15 is 0 Å². The molecule has 0 bridgehead atoms. The molecule has 146 valence electrons. The molecule has 7 heteroatoms. The van der Waals surface area contributed by atoms with E-state index in [1.54, 1.807) is 35.2 Å². The molecule has 1 heterocycles. The Balaban J connectivity index is 1.67. The van der Waals surface area contributed by atoms with Gasteiger partial charge < -0.3 is 15.0 Å². The SMILES string of the molecule is Cc1cc(C)c(NC(=O)COC(=O)c2ccccc2N2CCCC2=O)c(Cl)c1. The Morgan fingerprint density at radius 2 is 1.96 bits per heavy atom. The number of carbonyl (C=O) groups is 3. The predicted molar refractivity (Wildman–Crippen MR) is 108 cm³/mol. The second-order valence-electron chi connectivity index (χ2n) is 6.73. The van der Waals surface area contributed by atoms with Crippen molar-refractivity contribution in [3.63, 3.8) is 0 Å². The highest BCUT2D eigenvalue weighted by atomic mass is 35.5. The number of hydrogen-bond acceptors (Lipinski definition) is 4. The van der Waals surface area contributed by atoms with Crippen LogP contribution in [0.3, 0.4) is 0 Å². The molecule has 0 aliphatic carbocycles. The lowest BCUT2D eigenvalue weighted by Crippen LogP contribution is -2.27. The third-order valence-electron chi connectivity index (χ3n) is 4.52. The molecule has 1 aliphatic rings. The molecule has 28 heavy (non-hydrogen) atoms. The van der Waals surface area contributed by atoms with Crippen LogP contribution in [0.5, 0.6) is 0 Å².